The second-order valence-corrected chi connectivity index (χ2v) is 8.96. The Kier molecular flexibility index (Phi) is 9.16. The molecule has 2 aromatic carbocycles. The summed E-state index contributed by atoms with van der Waals surface area (Å²) in [6, 6.07) is 15.8. The molecule has 0 saturated heterocycles. The first kappa shape index (κ1) is 23.7. The fourth-order valence-electron chi connectivity index (χ4n) is 2.76. The highest BCUT2D eigenvalue weighted by molar-refractivity contribution is 7.89. The smallest absolute Gasteiger partial charge is 0.250 e. The van der Waals surface area contributed by atoms with Crippen molar-refractivity contribution in [2.75, 3.05) is 18.4 Å². The fourth-order valence-corrected chi connectivity index (χ4v) is 4.60. The van der Waals surface area contributed by atoms with Crippen molar-refractivity contribution in [2.45, 2.75) is 31.6 Å². The van der Waals surface area contributed by atoms with E-state index in [1.54, 1.807) is 18.2 Å². The molecule has 0 spiro atoms. The van der Waals surface area contributed by atoms with Gasteiger partial charge in [-0.15, -0.1) is 0 Å². The lowest BCUT2D eigenvalue weighted by atomic mass is 10.2. The number of thiocarbonyl (C=S) groups is 1. The second kappa shape index (κ2) is 11.6. The first-order chi connectivity index (χ1) is 14.4. The van der Waals surface area contributed by atoms with Gasteiger partial charge in [0.25, 0.3) is 0 Å². The molecule has 0 atom stereocenters. The van der Waals surface area contributed by atoms with Gasteiger partial charge in [-0.2, -0.15) is 4.31 Å². The summed E-state index contributed by atoms with van der Waals surface area (Å²) < 4.78 is 27.1. The van der Waals surface area contributed by atoms with Crippen LogP contribution >= 0.6 is 12.2 Å². The maximum Gasteiger partial charge on any atom is 0.250 e. The number of amides is 1. The van der Waals surface area contributed by atoms with Gasteiger partial charge in [0.15, 0.2) is 5.11 Å². The summed E-state index contributed by atoms with van der Waals surface area (Å²) in [6.07, 6.45) is 4.60. The van der Waals surface area contributed by atoms with Gasteiger partial charge in [-0.1, -0.05) is 44.2 Å². The van der Waals surface area contributed by atoms with Crippen LogP contribution in [-0.4, -0.2) is 36.8 Å². The Hall–Kier alpha value is -2.55. The van der Waals surface area contributed by atoms with E-state index in [-0.39, 0.29) is 15.9 Å². The van der Waals surface area contributed by atoms with Gasteiger partial charge in [0.2, 0.25) is 15.9 Å². The van der Waals surface area contributed by atoms with E-state index in [9.17, 15) is 13.2 Å². The van der Waals surface area contributed by atoms with E-state index in [4.69, 9.17) is 12.2 Å². The summed E-state index contributed by atoms with van der Waals surface area (Å²) in [5, 5.41) is 5.58. The summed E-state index contributed by atoms with van der Waals surface area (Å²) in [7, 11) is -3.53. The molecule has 0 aliphatic carbocycles. The van der Waals surface area contributed by atoms with Crippen LogP contribution in [-0.2, 0) is 14.8 Å². The van der Waals surface area contributed by atoms with E-state index in [1.807, 2.05) is 44.2 Å². The number of carbonyl (C=O) groups is 1. The number of benzene rings is 2. The standard InChI is InChI=1S/C22H27N3O3S2/c1-3-16-25(17-4-2)30(27,28)20-13-11-19(12-14-20)23-22(29)24-21(26)15-10-18-8-6-5-7-9-18/h5-15H,3-4,16-17H2,1-2H3,(H2,23,24,26,29). The van der Waals surface area contributed by atoms with Crippen molar-refractivity contribution in [1.82, 2.24) is 9.62 Å². The SMILES string of the molecule is CCCN(CCC)S(=O)(=O)c1ccc(NC(=S)NC(=O)C=Cc2ccccc2)cc1. The summed E-state index contributed by atoms with van der Waals surface area (Å²) in [4.78, 5) is 12.2. The molecule has 0 fully saturated rings. The molecule has 2 aromatic rings. The van der Waals surface area contributed by atoms with Gasteiger partial charge in [0.1, 0.15) is 0 Å². The number of carbonyl (C=O) groups excluding carboxylic acids is 1. The molecule has 6 nitrogen and oxygen atoms in total. The van der Waals surface area contributed by atoms with Gasteiger partial charge in [0, 0.05) is 24.9 Å². The van der Waals surface area contributed by atoms with Crippen molar-refractivity contribution in [3.8, 4) is 0 Å². The van der Waals surface area contributed by atoms with Crippen LogP contribution in [0, 0.1) is 0 Å². The number of rotatable bonds is 9. The molecule has 0 radical (unpaired) electrons. The minimum absolute atomic E-state index is 0.131. The lowest BCUT2D eigenvalue weighted by Crippen LogP contribution is -2.33. The van der Waals surface area contributed by atoms with Gasteiger partial charge in [-0.25, -0.2) is 8.42 Å². The van der Waals surface area contributed by atoms with Crippen molar-refractivity contribution >= 4 is 45.0 Å². The molecule has 0 bridgehead atoms. The second-order valence-electron chi connectivity index (χ2n) is 6.62. The van der Waals surface area contributed by atoms with Gasteiger partial charge in [-0.3, -0.25) is 10.1 Å². The number of hydrogen-bond acceptors (Lipinski definition) is 4. The van der Waals surface area contributed by atoms with Crippen LogP contribution in [0.4, 0.5) is 5.69 Å². The molecule has 1 amide bonds. The largest absolute Gasteiger partial charge is 0.332 e. The Morgan fingerprint density at radius 2 is 1.60 bits per heavy atom. The number of nitrogens with zero attached hydrogens (tertiary/aromatic N) is 1. The van der Waals surface area contributed by atoms with Crippen molar-refractivity contribution in [2.24, 2.45) is 0 Å². The average molecular weight is 446 g/mol. The molecule has 0 aliphatic heterocycles. The Balaban J connectivity index is 1.97. The van der Waals surface area contributed by atoms with E-state index in [0.717, 1.165) is 18.4 Å². The Morgan fingerprint density at radius 3 is 2.17 bits per heavy atom. The summed E-state index contributed by atoms with van der Waals surface area (Å²) in [5.41, 5.74) is 1.49. The fraction of sp³-hybridized carbons (Fsp3) is 0.273. The molecule has 30 heavy (non-hydrogen) atoms. The maximum absolute atomic E-state index is 12.8. The van der Waals surface area contributed by atoms with Crippen LogP contribution < -0.4 is 10.6 Å². The van der Waals surface area contributed by atoms with Crippen LogP contribution in [0.1, 0.15) is 32.3 Å². The zero-order valence-electron chi connectivity index (χ0n) is 17.2. The highest BCUT2D eigenvalue weighted by Crippen LogP contribution is 2.19. The van der Waals surface area contributed by atoms with Crippen LogP contribution in [0.2, 0.25) is 0 Å². The highest BCUT2D eigenvalue weighted by Gasteiger charge is 2.22. The predicted octanol–water partition coefficient (Wildman–Crippen LogP) is 4.02. The molecular formula is C22H27N3O3S2. The topological polar surface area (TPSA) is 78.5 Å². The molecular weight excluding hydrogens is 418 g/mol. The van der Waals surface area contributed by atoms with Crippen LogP contribution in [0.25, 0.3) is 6.08 Å². The average Bonchev–Trinajstić information content (AvgIpc) is 2.73. The van der Waals surface area contributed by atoms with E-state index in [0.29, 0.717) is 18.8 Å². The zero-order chi connectivity index (χ0) is 22.0. The van der Waals surface area contributed by atoms with Gasteiger partial charge < -0.3 is 5.32 Å². The molecule has 0 heterocycles. The Labute approximate surface area is 184 Å². The first-order valence-corrected chi connectivity index (χ1v) is 11.7. The lowest BCUT2D eigenvalue weighted by molar-refractivity contribution is -0.115. The summed E-state index contributed by atoms with van der Waals surface area (Å²) >= 11 is 5.16. The molecule has 0 saturated carbocycles. The monoisotopic (exact) mass is 445 g/mol. The highest BCUT2D eigenvalue weighted by atomic mass is 32.2. The quantitative estimate of drug-likeness (QED) is 0.450. The third-order valence-electron chi connectivity index (χ3n) is 4.16. The van der Waals surface area contributed by atoms with E-state index >= 15 is 0 Å². The molecule has 0 aromatic heterocycles. The number of sulfonamides is 1. The Bertz CT molecular complexity index is 966. The van der Waals surface area contributed by atoms with E-state index in [2.05, 4.69) is 10.6 Å². The van der Waals surface area contributed by atoms with Gasteiger partial charge in [-0.05, 0) is 61.0 Å². The molecule has 2 rings (SSSR count). The minimum Gasteiger partial charge on any atom is -0.332 e. The first-order valence-electron chi connectivity index (χ1n) is 9.82. The van der Waals surface area contributed by atoms with Crippen LogP contribution in [0.15, 0.2) is 65.6 Å². The van der Waals surface area contributed by atoms with Crippen LogP contribution in [0.5, 0.6) is 0 Å². The third kappa shape index (κ3) is 7.05. The zero-order valence-corrected chi connectivity index (χ0v) is 18.8. The third-order valence-corrected chi connectivity index (χ3v) is 6.28. The van der Waals surface area contributed by atoms with Crippen molar-refractivity contribution in [1.29, 1.82) is 0 Å². The van der Waals surface area contributed by atoms with Gasteiger partial charge in [0.05, 0.1) is 4.90 Å². The molecule has 0 unspecified atom stereocenters. The van der Waals surface area contributed by atoms with Gasteiger partial charge >= 0.3 is 0 Å². The predicted molar refractivity (Wildman–Crippen MR) is 126 cm³/mol. The number of nitrogens with one attached hydrogen (secondary N) is 2. The van der Waals surface area contributed by atoms with Crippen molar-refractivity contribution in [3.63, 3.8) is 0 Å². The lowest BCUT2D eigenvalue weighted by Gasteiger charge is -2.21. The Morgan fingerprint density at radius 1 is 1.00 bits per heavy atom. The molecule has 0 aliphatic rings. The maximum atomic E-state index is 12.8. The summed E-state index contributed by atoms with van der Waals surface area (Å²) in [5.74, 6) is -0.356. The molecule has 2 N–H and O–H groups in total. The van der Waals surface area contributed by atoms with Crippen LogP contribution in [0.3, 0.4) is 0 Å². The van der Waals surface area contributed by atoms with E-state index < -0.39 is 10.0 Å². The van der Waals surface area contributed by atoms with Crippen molar-refractivity contribution in [3.05, 3.63) is 66.2 Å². The molecule has 160 valence electrons. The number of hydrogen-bond donors (Lipinski definition) is 2. The number of anilines is 1. The summed E-state index contributed by atoms with van der Waals surface area (Å²) in [6.45, 7) is 4.89. The normalized spacial score (nSPS) is 11.6. The molecule has 8 heteroatoms. The minimum atomic E-state index is -3.53. The van der Waals surface area contributed by atoms with E-state index in [1.165, 1.54) is 22.5 Å². The van der Waals surface area contributed by atoms with Crippen molar-refractivity contribution < 1.29 is 13.2 Å².